The summed E-state index contributed by atoms with van der Waals surface area (Å²) in [7, 11) is -3.86. The van der Waals surface area contributed by atoms with Gasteiger partial charge < -0.3 is 20.3 Å². The van der Waals surface area contributed by atoms with E-state index in [1.165, 1.54) is 18.2 Å². The molecule has 0 fully saturated rings. The molecule has 37 heavy (non-hydrogen) atoms. The van der Waals surface area contributed by atoms with Crippen molar-refractivity contribution >= 4 is 32.6 Å². The van der Waals surface area contributed by atoms with Crippen LogP contribution in [-0.4, -0.2) is 54.5 Å². The van der Waals surface area contributed by atoms with Crippen LogP contribution in [0.25, 0.3) is 10.9 Å². The van der Waals surface area contributed by atoms with Crippen LogP contribution in [0.1, 0.15) is 27.5 Å². The molecule has 2 heterocycles. The van der Waals surface area contributed by atoms with Gasteiger partial charge in [0.25, 0.3) is 11.5 Å². The zero-order valence-electron chi connectivity index (χ0n) is 19.0. The molecule has 3 aromatic rings. The number of pyridine rings is 1. The van der Waals surface area contributed by atoms with Gasteiger partial charge in [-0.3, -0.25) is 19.0 Å². The lowest BCUT2D eigenvalue weighted by molar-refractivity contribution is -0.138. The molecule has 1 aromatic heterocycles. The first-order chi connectivity index (χ1) is 17.2. The summed E-state index contributed by atoms with van der Waals surface area (Å²) in [6, 6.07) is 5.57. The number of sulfone groups is 1. The number of rotatable bonds is 6. The average molecular weight is 540 g/mol. The molecule has 1 atom stereocenters. The first kappa shape index (κ1) is 26.0. The molecule has 0 saturated carbocycles. The van der Waals surface area contributed by atoms with Gasteiger partial charge in [-0.2, -0.15) is 13.2 Å². The molecule has 196 valence electrons. The maximum atomic E-state index is 13.5. The van der Waals surface area contributed by atoms with Gasteiger partial charge in [0.15, 0.2) is 15.6 Å². The van der Waals surface area contributed by atoms with E-state index in [1.54, 1.807) is 0 Å². The Labute approximate surface area is 206 Å². The SMILES string of the molecule is CS(=O)(=O)c1ccc2c(O)c(C(=O)NCC(=O)O)c(=O)n3c2c1OCC3Cc1ccc(C(F)(F)F)cc1. The van der Waals surface area contributed by atoms with Gasteiger partial charge in [0, 0.05) is 11.6 Å². The Morgan fingerprint density at radius 1 is 1.16 bits per heavy atom. The van der Waals surface area contributed by atoms with Crippen molar-refractivity contribution in [1.29, 1.82) is 0 Å². The number of carbonyl (C=O) groups is 2. The lowest BCUT2D eigenvalue weighted by Crippen LogP contribution is -2.40. The Morgan fingerprint density at radius 3 is 2.38 bits per heavy atom. The summed E-state index contributed by atoms with van der Waals surface area (Å²) in [4.78, 5) is 36.7. The molecule has 1 aliphatic rings. The van der Waals surface area contributed by atoms with Crippen LogP contribution >= 0.6 is 0 Å². The molecular formula is C23H19F3N2O8S. The molecule has 2 aromatic carbocycles. The fraction of sp³-hybridized carbons (Fsp3) is 0.261. The second-order valence-corrected chi connectivity index (χ2v) is 10.4. The number of nitrogens with zero attached hydrogens (tertiary/aromatic N) is 1. The largest absolute Gasteiger partial charge is 0.506 e. The van der Waals surface area contributed by atoms with E-state index in [4.69, 9.17) is 9.84 Å². The van der Waals surface area contributed by atoms with Crippen molar-refractivity contribution in [2.75, 3.05) is 19.4 Å². The third-order valence-corrected chi connectivity index (χ3v) is 6.95. The molecule has 0 aliphatic carbocycles. The van der Waals surface area contributed by atoms with E-state index in [-0.39, 0.29) is 34.6 Å². The predicted octanol–water partition coefficient (Wildman–Crippen LogP) is 2.12. The Bertz CT molecular complexity index is 1600. The third-order valence-electron chi connectivity index (χ3n) is 5.83. The highest BCUT2D eigenvalue weighted by Gasteiger charge is 2.34. The van der Waals surface area contributed by atoms with Crippen molar-refractivity contribution in [1.82, 2.24) is 9.88 Å². The van der Waals surface area contributed by atoms with Gasteiger partial charge in [-0.1, -0.05) is 12.1 Å². The summed E-state index contributed by atoms with van der Waals surface area (Å²) >= 11 is 0. The van der Waals surface area contributed by atoms with Crippen LogP contribution in [0.3, 0.4) is 0 Å². The van der Waals surface area contributed by atoms with E-state index >= 15 is 0 Å². The summed E-state index contributed by atoms with van der Waals surface area (Å²) in [5.74, 6) is -3.61. The van der Waals surface area contributed by atoms with Crippen molar-refractivity contribution < 1.29 is 46.1 Å². The summed E-state index contributed by atoms with van der Waals surface area (Å²) in [6.45, 7) is -1.12. The molecule has 14 heteroatoms. The second kappa shape index (κ2) is 9.10. The first-order valence-corrected chi connectivity index (χ1v) is 12.5. The highest BCUT2D eigenvalue weighted by Crippen LogP contribution is 2.41. The van der Waals surface area contributed by atoms with Gasteiger partial charge in [0.1, 0.15) is 29.4 Å². The summed E-state index contributed by atoms with van der Waals surface area (Å²) in [5, 5.41) is 21.5. The van der Waals surface area contributed by atoms with Crippen LogP contribution in [0.15, 0.2) is 46.1 Å². The smallest absolute Gasteiger partial charge is 0.416 e. The van der Waals surface area contributed by atoms with Crippen molar-refractivity contribution in [3.8, 4) is 11.5 Å². The molecule has 1 unspecified atom stereocenters. The fourth-order valence-corrected chi connectivity index (χ4v) is 4.98. The van der Waals surface area contributed by atoms with E-state index in [9.17, 15) is 41.1 Å². The number of carboxylic acid groups (broad SMARTS) is 1. The minimum Gasteiger partial charge on any atom is -0.506 e. The Balaban J connectivity index is 1.92. The lowest BCUT2D eigenvalue weighted by Gasteiger charge is -2.30. The lowest BCUT2D eigenvalue weighted by atomic mass is 10.0. The summed E-state index contributed by atoms with van der Waals surface area (Å²) < 4.78 is 70.2. The number of carboxylic acids is 1. The molecule has 0 radical (unpaired) electrons. The zero-order chi connectivity index (χ0) is 27.3. The summed E-state index contributed by atoms with van der Waals surface area (Å²) in [6.07, 6.45) is -3.68. The van der Waals surface area contributed by atoms with Crippen molar-refractivity contribution in [3.05, 3.63) is 63.4 Å². The van der Waals surface area contributed by atoms with Crippen LogP contribution in [0.4, 0.5) is 13.2 Å². The average Bonchev–Trinajstić information content (AvgIpc) is 2.80. The van der Waals surface area contributed by atoms with Crippen LogP contribution in [0.5, 0.6) is 11.5 Å². The van der Waals surface area contributed by atoms with Crippen molar-refractivity contribution in [3.63, 3.8) is 0 Å². The number of benzene rings is 2. The van der Waals surface area contributed by atoms with E-state index in [0.717, 1.165) is 29.0 Å². The first-order valence-electron chi connectivity index (χ1n) is 10.6. The normalized spacial score (nSPS) is 15.3. The molecule has 1 amide bonds. The zero-order valence-corrected chi connectivity index (χ0v) is 19.8. The monoisotopic (exact) mass is 540 g/mol. The van der Waals surface area contributed by atoms with E-state index < -0.39 is 62.9 Å². The van der Waals surface area contributed by atoms with Crippen LogP contribution in [0, 0.1) is 0 Å². The van der Waals surface area contributed by atoms with Crippen LogP contribution in [-0.2, 0) is 27.2 Å². The molecule has 3 N–H and O–H groups in total. The van der Waals surface area contributed by atoms with Gasteiger partial charge >= 0.3 is 12.1 Å². The van der Waals surface area contributed by atoms with E-state index in [0.29, 0.717) is 5.56 Å². The Morgan fingerprint density at radius 2 is 1.81 bits per heavy atom. The number of carbonyl (C=O) groups excluding carboxylic acids is 1. The number of halogens is 3. The van der Waals surface area contributed by atoms with Gasteiger partial charge in [0.05, 0.1) is 17.1 Å². The standard InChI is InChI=1S/C23H19F3N2O8S/c1-37(34,35)15-7-6-14-18-20(15)36-10-13(8-11-2-4-12(5-3-11)23(24,25)26)28(18)22(33)17(19(14)31)21(32)27-9-16(29)30/h2-7,13,31H,8-10H2,1H3,(H,27,32)(H,29,30). The maximum Gasteiger partial charge on any atom is 0.416 e. The number of aromatic hydroxyl groups is 1. The number of aromatic nitrogens is 1. The number of aliphatic carboxylic acids is 1. The molecular weight excluding hydrogens is 521 g/mol. The number of amides is 1. The molecule has 0 spiro atoms. The summed E-state index contributed by atoms with van der Waals surface area (Å²) in [5.41, 5.74) is -2.44. The quantitative estimate of drug-likeness (QED) is 0.430. The highest BCUT2D eigenvalue weighted by atomic mass is 32.2. The van der Waals surface area contributed by atoms with Crippen LogP contribution in [0.2, 0.25) is 0 Å². The Kier molecular flexibility index (Phi) is 6.40. The molecule has 1 aliphatic heterocycles. The fourth-order valence-electron chi connectivity index (χ4n) is 4.18. The predicted molar refractivity (Wildman–Crippen MR) is 123 cm³/mol. The molecule has 4 rings (SSSR count). The second-order valence-electron chi connectivity index (χ2n) is 8.40. The van der Waals surface area contributed by atoms with E-state index in [2.05, 4.69) is 0 Å². The van der Waals surface area contributed by atoms with Crippen molar-refractivity contribution in [2.24, 2.45) is 0 Å². The van der Waals surface area contributed by atoms with Gasteiger partial charge in [-0.25, -0.2) is 8.42 Å². The van der Waals surface area contributed by atoms with Gasteiger partial charge in [-0.05, 0) is 36.2 Å². The molecule has 0 bridgehead atoms. The van der Waals surface area contributed by atoms with E-state index in [1.807, 2.05) is 5.32 Å². The Hall–Kier alpha value is -4.07. The number of nitrogens with one attached hydrogen (secondary N) is 1. The molecule has 10 nitrogen and oxygen atoms in total. The number of alkyl halides is 3. The van der Waals surface area contributed by atoms with Gasteiger partial charge in [0.2, 0.25) is 0 Å². The van der Waals surface area contributed by atoms with Gasteiger partial charge in [-0.15, -0.1) is 0 Å². The number of hydrogen-bond acceptors (Lipinski definition) is 7. The van der Waals surface area contributed by atoms with Crippen LogP contribution < -0.4 is 15.6 Å². The minimum absolute atomic E-state index is 0.0450. The third kappa shape index (κ3) is 4.83. The van der Waals surface area contributed by atoms with Crippen molar-refractivity contribution in [2.45, 2.75) is 23.5 Å². The topological polar surface area (TPSA) is 152 Å². The minimum atomic E-state index is -4.55. The number of ether oxygens (including phenoxy) is 1. The number of hydrogen-bond donors (Lipinski definition) is 3. The highest BCUT2D eigenvalue weighted by molar-refractivity contribution is 7.90. The molecule has 0 saturated heterocycles. The maximum absolute atomic E-state index is 13.5.